The highest BCUT2D eigenvalue weighted by atomic mass is 19.1. The second-order valence-electron chi connectivity index (χ2n) is 5.40. The number of nitrogens with one attached hydrogen (secondary N) is 2. The summed E-state index contributed by atoms with van der Waals surface area (Å²) in [4.78, 5) is 23.8. The number of anilines is 1. The number of aryl methyl sites for hydroxylation is 1. The summed E-state index contributed by atoms with van der Waals surface area (Å²) in [6.07, 6.45) is 1.90. The summed E-state index contributed by atoms with van der Waals surface area (Å²) in [5, 5.41) is 12.9. The fourth-order valence-electron chi connectivity index (χ4n) is 2.10. The van der Waals surface area contributed by atoms with Crippen molar-refractivity contribution in [2.45, 2.75) is 19.9 Å². The van der Waals surface area contributed by atoms with Gasteiger partial charge in [0.05, 0.1) is 25.3 Å². The summed E-state index contributed by atoms with van der Waals surface area (Å²) in [5.41, 5.74) is 1.13. The molecule has 0 bridgehead atoms. The maximum atomic E-state index is 13.7. The Morgan fingerprint density at radius 2 is 2.12 bits per heavy atom. The predicted molar refractivity (Wildman–Crippen MR) is 88.6 cm³/mol. The molecule has 0 radical (unpaired) electrons. The Morgan fingerprint density at radius 1 is 1.32 bits per heavy atom. The van der Waals surface area contributed by atoms with Crippen LogP contribution in [0, 0.1) is 12.7 Å². The molecule has 0 aliphatic rings. The molecule has 8 nitrogen and oxygen atoms in total. The molecule has 1 aromatic heterocycles. The van der Waals surface area contributed by atoms with Crippen LogP contribution < -0.4 is 10.6 Å². The number of hydrogen-bond acceptors (Lipinski definition) is 5. The molecule has 2 rings (SSSR count). The molecule has 0 atom stereocenters. The van der Waals surface area contributed by atoms with Gasteiger partial charge >= 0.3 is 0 Å². The van der Waals surface area contributed by atoms with Crippen LogP contribution in [0.2, 0.25) is 0 Å². The summed E-state index contributed by atoms with van der Waals surface area (Å²) in [5.74, 6) is -1.37. The van der Waals surface area contributed by atoms with E-state index in [1.807, 2.05) is 6.92 Å². The number of methoxy groups -OCH3 is 1. The van der Waals surface area contributed by atoms with Crippen molar-refractivity contribution in [3.05, 3.63) is 41.5 Å². The average Bonchev–Trinajstić information content (AvgIpc) is 2.97. The monoisotopic (exact) mass is 349 g/mol. The summed E-state index contributed by atoms with van der Waals surface area (Å²) >= 11 is 0. The average molecular weight is 349 g/mol. The molecule has 0 saturated heterocycles. The first-order valence-electron chi connectivity index (χ1n) is 7.72. The third-order valence-electron chi connectivity index (χ3n) is 3.26. The molecule has 2 amide bonds. The minimum Gasteiger partial charge on any atom is -0.384 e. The predicted octanol–water partition coefficient (Wildman–Crippen LogP) is 1.13. The van der Waals surface area contributed by atoms with Gasteiger partial charge < -0.3 is 15.4 Å². The molecule has 0 saturated carbocycles. The van der Waals surface area contributed by atoms with E-state index in [0.29, 0.717) is 13.1 Å². The quantitative estimate of drug-likeness (QED) is 0.744. The molecule has 1 aromatic carbocycles. The lowest BCUT2D eigenvalue weighted by Crippen LogP contribution is -2.27. The second kappa shape index (κ2) is 8.88. The highest BCUT2D eigenvalue weighted by molar-refractivity contribution is 5.97. The Morgan fingerprint density at radius 3 is 2.80 bits per heavy atom. The molecular formula is C16H20FN5O3. The molecule has 25 heavy (non-hydrogen) atoms. The maximum Gasteiger partial charge on any atom is 0.251 e. The van der Waals surface area contributed by atoms with Crippen molar-refractivity contribution in [1.82, 2.24) is 20.3 Å². The van der Waals surface area contributed by atoms with E-state index in [1.165, 1.54) is 13.2 Å². The van der Waals surface area contributed by atoms with Crippen LogP contribution in [0.3, 0.4) is 0 Å². The van der Waals surface area contributed by atoms with Crippen LogP contribution >= 0.6 is 0 Å². The molecule has 0 aliphatic heterocycles. The van der Waals surface area contributed by atoms with Crippen LogP contribution in [0.1, 0.15) is 22.5 Å². The van der Waals surface area contributed by atoms with E-state index in [2.05, 4.69) is 20.9 Å². The maximum absolute atomic E-state index is 13.7. The summed E-state index contributed by atoms with van der Waals surface area (Å²) < 4.78 is 20.1. The second-order valence-corrected chi connectivity index (χ2v) is 5.40. The van der Waals surface area contributed by atoms with Crippen molar-refractivity contribution < 1.29 is 18.7 Å². The molecule has 0 aliphatic carbocycles. The fourth-order valence-corrected chi connectivity index (χ4v) is 2.10. The number of rotatable bonds is 8. The zero-order chi connectivity index (χ0) is 18.2. The smallest absolute Gasteiger partial charge is 0.251 e. The normalized spacial score (nSPS) is 10.5. The van der Waals surface area contributed by atoms with Crippen molar-refractivity contribution >= 4 is 17.5 Å². The SMILES string of the molecule is COCCC(=O)Nc1cc(F)cc(C(=O)NCCn2cc(C)nn2)c1. The van der Waals surface area contributed by atoms with E-state index in [-0.39, 0.29) is 30.2 Å². The lowest BCUT2D eigenvalue weighted by Gasteiger charge is -2.09. The van der Waals surface area contributed by atoms with Gasteiger partial charge in [0.15, 0.2) is 0 Å². The Labute approximate surface area is 144 Å². The lowest BCUT2D eigenvalue weighted by molar-refractivity contribution is -0.117. The van der Waals surface area contributed by atoms with Gasteiger partial charge in [0, 0.05) is 31.1 Å². The third kappa shape index (κ3) is 5.96. The van der Waals surface area contributed by atoms with Crippen molar-refractivity contribution in [2.75, 3.05) is 25.6 Å². The Bertz CT molecular complexity index is 747. The minimum absolute atomic E-state index is 0.122. The van der Waals surface area contributed by atoms with Crippen molar-refractivity contribution in [1.29, 1.82) is 0 Å². The molecule has 1 heterocycles. The number of carbonyl (C=O) groups is 2. The van der Waals surface area contributed by atoms with Gasteiger partial charge in [0.2, 0.25) is 5.91 Å². The van der Waals surface area contributed by atoms with Crippen LogP contribution in [0.5, 0.6) is 0 Å². The van der Waals surface area contributed by atoms with Crippen molar-refractivity contribution in [2.24, 2.45) is 0 Å². The van der Waals surface area contributed by atoms with E-state index < -0.39 is 11.7 Å². The zero-order valence-electron chi connectivity index (χ0n) is 14.1. The molecule has 0 fully saturated rings. The van der Waals surface area contributed by atoms with Gasteiger partial charge in [-0.1, -0.05) is 5.21 Å². The first-order chi connectivity index (χ1) is 12.0. The molecule has 0 spiro atoms. The van der Waals surface area contributed by atoms with Gasteiger partial charge in [-0.2, -0.15) is 0 Å². The Kier molecular flexibility index (Phi) is 6.58. The zero-order valence-corrected chi connectivity index (χ0v) is 14.1. The van der Waals surface area contributed by atoms with Gasteiger partial charge in [-0.15, -0.1) is 5.10 Å². The fraction of sp³-hybridized carbons (Fsp3) is 0.375. The standard InChI is InChI=1S/C16H20FN5O3/c1-11-10-22(21-20-11)5-4-18-16(24)12-7-13(17)9-14(8-12)19-15(23)3-6-25-2/h7-10H,3-6H2,1-2H3,(H,18,24)(H,19,23). The van der Waals surface area contributed by atoms with Crippen LogP contribution in [0.15, 0.2) is 24.4 Å². The lowest BCUT2D eigenvalue weighted by atomic mass is 10.1. The topological polar surface area (TPSA) is 98.1 Å². The van der Waals surface area contributed by atoms with E-state index in [1.54, 1.807) is 10.9 Å². The van der Waals surface area contributed by atoms with Gasteiger partial charge in [0.25, 0.3) is 5.91 Å². The minimum atomic E-state index is -0.610. The Balaban J connectivity index is 1.93. The first kappa shape index (κ1) is 18.5. The molecule has 9 heteroatoms. The third-order valence-corrected chi connectivity index (χ3v) is 3.26. The number of hydrogen-bond donors (Lipinski definition) is 2. The van der Waals surface area contributed by atoms with Crippen LogP contribution in [-0.2, 0) is 16.1 Å². The number of halogens is 1. The van der Waals surface area contributed by atoms with Crippen LogP contribution in [0.25, 0.3) is 0 Å². The van der Waals surface area contributed by atoms with Crippen molar-refractivity contribution in [3.8, 4) is 0 Å². The highest BCUT2D eigenvalue weighted by Crippen LogP contribution is 2.14. The summed E-state index contributed by atoms with van der Waals surface area (Å²) in [7, 11) is 1.48. The number of amides is 2. The molecule has 2 aromatic rings. The number of ether oxygens (including phenoxy) is 1. The molecular weight excluding hydrogens is 329 g/mol. The number of carbonyl (C=O) groups excluding carboxylic acids is 2. The number of aromatic nitrogens is 3. The van der Waals surface area contributed by atoms with Gasteiger partial charge in [-0.25, -0.2) is 4.39 Å². The first-order valence-corrected chi connectivity index (χ1v) is 7.72. The van der Waals surface area contributed by atoms with E-state index in [4.69, 9.17) is 4.74 Å². The molecule has 134 valence electrons. The summed E-state index contributed by atoms with van der Waals surface area (Å²) in [6, 6.07) is 3.68. The molecule has 0 unspecified atom stereocenters. The van der Waals surface area contributed by atoms with Gasteiger partial charge in [-0.3, -0.25) is 14.3 Å². The molecule has 2 N–H and O–H groups in total. The summed E-state index contributed by atoms with van der Waals surface area (Å²) in [6.45, 7) is 2.84. The van der Waals surface area contributed by atoms with Crippen LogP contribution in [-0.4, -0.2) is 47.1 Å². The Hall–Kier alpha value is -2.81. The number of nitrogens with zero attached hydrogens (tertiary/aromatic N) is 3. The number of benzene rings is 1. The van der Waals surface area contributed by atoms with Gasteiger partial charge in [0.1, 0.15) is 5.82 Å². The van der Waals surface area contributed by atoms with Crippen LogP contribution in [0.4, 0.5) is 10.1 Å². The van der Waals surface area contributed by atoms with Gasteiger partial charge in [-0.05, 0) is 25.1 Å². The van der Waals surface area contributed by atoms with E-state index in [0.717, 1.165) is 17.8 Å². The van der Waals surface area contributed by atoms with E-state index in [9.17, 15) is 14.0 Å². The van der Waals surface area contributed by atoms with E-state index >= 15 is 0 Å². The largest absolute Gasteiger partial charge is 0.384 e. The highest BCUT2D eigenvalue weighted by Gasteiger charge is 2.10. The van der Waals surface area contributed by atoms with Crippen molar-refractivity contribution in [3.63, 3.8) is 0 Å².